The average molecular weight is 299 g/mol. The van der Waals surface area contributed by atoms with Crippen molar-refractivity contribution in [3.63, 3.8) is 0 Å². The van der Waals surface area contributed by atoms with Crippen LogP contribution in [0.5, 0.6) is 0 Å². The van der Waals surface area contributed by atoms with Crippen LogP contribution in [-0.4, -0.2) is 26.2 Å². The lowest BCUT2D eigenvalue weighted by Crippen LogP contribution is -2.41. The third kappa shape index (κ3) is 4.30. The van der Waals surface area contributed by atoms with E-state index in [1.54, 1.807) is 12.1 Å². The first-order chi connectivity index (χ1) is 9.31. The van der Waals surface area contributed by atoms with Crippen molar-refractivity contribution in [2.24, 2.45) is 5.92 Å². The van der Waals surface area contributed by atoms with E-state index in [1.165, 1.54) is 0 Å². The Morgan fingerprint density at radius 3 is 2.10 bits per heavy atom. The lowest BCUT2D eigenvalue weighted by molar-refractivity contribution is 0.227. The highest BCUT2D eigenvalue weighted by molar-refractivity contribution is 7.89. The fraction of sp³-hybridized carbons (Fsp3) is 0.600. The monoisotopic (exact) mass is 299 g/mol. The third-order valence-corrected chi connectivity index (χ3v) is 5.19. The van der Waals surface area contributed by atoms with Crippen molar-refractivity contribution in [3.05, 3.63) is 29.8 Å². The first-order valence-electron chi connectivity index (χ1n) is 7.05. The summed E-state index contributed by atoms with van der Waals surface area (Å²) in [5, 5.41) is 9.23. The molecule has 2 unspecified atom stereocenters. The molecule has 0 spiro atoms. The second kappa shape index (κ2) is 7.20. The van der Waals surface area contributed by atoms with Crippen molar-refractivity contribution >= 4 is 10.0 Å². The SMILES string of the molecule is CCC(C)c1ccc(S(=O)(=O)NC(CO)C(C)C)cc1. The van der Waals surface area contributed by atoms with E-state index in [0.29, 0.717) is 5.92 Å². The molecule has 4 nitrogen and oxygen atoms in total. The zero-order chi connectivity index (χ0) is 15.3. The predicted octanol–water partition coefficient (Wildman–Crippen LogP) is 2.50. The summed E-state index contributed by atoms with van der Waals surface area (Å²) in [4.78, 5) is 0.239. The summed E-state index contributed by atoms with van der Waals surface area (Å²) in [6.07, 6.45) is 1.02. The van der Waals surface area contributed by atoms with Crippen LogP contribution in [-0.2, 0) is 10.0 Å². The van der Waals surface area contributed by atoms with Gasteiger partial charge in [-0.3, -0.25) is 0 Å². The lowest BCUT2D eigenvalue weighted by atomic mass is 9.99. The Balaban J connectivity index is 2.93. The van der Waals surface area contributed by atoms with E-state index in [4.69, 9.17) is 0 Å². The zero-order valence-electron chi connectivity index (χ0n) is 12.6. The second-order valence-corrected chi connectivity index (χ2v) is 7.25. The summed E-state index contributed by atoms with van der Waals surface area (Å²) in [6.45, 7) is 7.75. The predicted molar refractivity (Wildman–Crippen MR) is 81.2 cm³/mol. The highest BCUT2D eigenvalue weighted by atomic mass is 32.2. The highest BCUT2D eigenvalue weighted by Gasteiger charge is 2.21. The van der Waals surface area contributed by atoms with Crippen molar-refractivity contribution in [3.8, 4) is 0 Å². The van der Waals surface area contributed by atoms with Crippen LogP contribution in [0.4, 0.5) is 0 Å². The quantitative estimate of drug-likeness (QED) is 0.813. The van der Waals surface area contributed by atoms with Crippen LogP contribution >= 0.6 is 0 Å². The van der Waals surface area contributed by atoms with Gasteiger partial charge in [0.15, 0.2) is 0 Å². The Morgan fingerprint density at radius 2 is 1.70 bits per heavy atom. The molecule has 1 rings (SSSR count). The van der Waals surface area contributed by atoms with Crippen LogP contribution in [0.25, 0.3) is 0 Å². The molecule has 0 saturated carbocycles. The first kappa shape index (κ1) is 17.1. The fourth-order valence-electron chi connectivity index (χ4n) is 1.86. The minimum atomic E-state index is -3.58. The van der Waals surface area contributed by atoms with Gasteiger partial charge in [0.1, 0.15) is 0 Å². The van der Waals surface area contributed by atoms with Crippen LogP contribution in [0, 0.1) is 5.92 Å². The van der Waals surface area contributed by atoms with E-state index in [9.17, 15) is 13.5 Å². The topological polar surface area (TPSA) is 66.4 Å². The van der Waals surface area contributed by atoms with Gasteiger partial charge < -0.3 is 5.11 Å². The Kier molecular flexibility index (Phi) is 6.17. The molecule has 5 heteroatoms. The molecule has 2 atom stereocenters. The van der Waals surface area contributed by atoms with Crippen molar-refractivity contribution in [1.29, 1.82) is 0 Å². The Bertz CT molecular complexity index is 508. The maximum Gasteiger partial charge on any atom is 0.240 e. The van der Waals surface area contributed by atoms with Crippen LogP contribution < -0.4 is 4.72 Å². The van der Waals surface area contributed by atoms with Gasteiger partial charge in [0.25, 0.3) is 0 Å². The summed E-state index contributed by atoms with van der Waals surface area (Å²) in [6, 6.07) is 6.49. The van der Waals surface area contributed by atoms with Gasteiger partial charge in [-0.15, -0.1) is 0 Å². The molecule has 0 bridgehead atoms. The van der Waals surface area contributed by atoms with E-state index in [2.05, 4.69) is 18.6 Å². The molecular weight excluding hydrogens is 274 g/mol. The summed E-state index contributed by atoms with van der Waals surface area (Å²) < 4.78 is 27.0. The van der Waals surface area contributed by atoms with Crippen LogP contribution in [0.3, 0.4) is 0 Å². The molecule has 0 saturated heterocycles. The van der Waals surface area contributed by atoms with Crippen molar-refractivity contribution < 1.29 is 13.5 Å². The zero-order valence-corrected chi connectivity index (χ0v) is 13.4. The van der Waals surface area contributed by atoms with Gasteiger partial charge in [0.05, 0.1) is 11.5 Å². The standard InChI is InChI=1S/C15H25NO3S/c1-5-12(4)13-6-8-14(9-7-13)20(18,19)16-15(10-17)11(2)3/h6-9,11-12,15-17H,5,10H2,1-4H3. The summed E-state index contributed by atoms with van der Waals surface area (Å²) in [5.41, 5.74) is 1.13. The number of hydrogen-bond acceptors (Lipinski definition) is 3. The Hall–Kier alpha value is -0.910. The lowest BCUT2D eigenvalue weighted by Gasteiger charge is -2.20. The van der Waals surface area contributed by atoms with E-state index >= 15 is 0 Å². The fourth-order valence-corrected chi connectivity index (χ4v) is 3.24. The Labute approximate surface area is 122 Å². The number of hydrogen-bond donors (Lipinski definition) is 2. The molecule has 0 aliphatic rings. The van der Waals surface area contributed by atoms with Gasteiger partial charge in [-0.1, -0.05) is 39.8 Å². The van der Waals surface area contributed by atoms with Crippen molar-refractivity contribution in [2.75, 3.05) is 6.61 Å². The number of aliphatic hydroxyl groups is 1. The van der Waals surface area contributed by atoms with Gasteiger partial charge >= 0.3 is 0 Å². The molecule has 0 radical (unpaired) electrons. The normalized spacial score (nSPS) is 15.3. The van der Waals surface area contributed by atoms with Crippen molar-refractivity contribution in [2.45, 2.75) is 51.0 Å². The van der Waals surface area contributed by atoms with E-state index in [0.717, 1.165) is 12.0 Å². The number of aliphatic hydroxyl groups excluding tert-OH is 1. The van der Waals surface area contributed by atoms with E-state index in [-0.39, 0.29) is 17.4 Å². The number of rotatable bonds is 7. The molecule has 0 fully saturated rings. The largest absolute Gasteiger partial charge is 0.395 e. The highest BCUT2D eigenvalue weighted by Crippen LogP contribution is 2.20. The molecule has 114 valence electrons. The second-order valence-electron chi connectivity index (χ2n) is 5.53. The van der Waals surface area contributed by atoms with Gasteiger partial charge in [-0.2, -0.15) is 0 Å². The summed E-state index contributed by atoms with van der Waals surface area (Å²) >= 11 is 0. The molecule has 0 aliphatic heterocycles. The Morgan fingerprint density at radius 1 is 1.15 bits per heavy atom. The van der Waals surface area contributed by atoms with E-state index in [1.807, 2.05) is 26.0 Å². The molecule has 1 aromatic carbocycles. The van der Waals surface area contributed by atoms with Crippen LogP contribution in [0.15, 0.2) is 29.2 Å². The minimum absolute atomic E-state index is 0.0363. The molecule has 0 heterocycles. The summed E-state index contributed by atoms with van der Waals surface area (Å²) in [5.74, 6) is 0.453. The molecule has 2 N–H and O–H groups in total. The van der Waals surface area contributed by atoms with Crippen LogP contribution in [0.1, 0.15) is 45.6 Å². The molecule has 0 aliphatic carbocycles. The maximum atomic E-state index is 12.2. The van der Waals surface area contributed by atoms with Gasteiger partial charge in [-0.25, -0.2) is 13.1 Å². The molecular formula is C15H25NO3S. The third-order valence-electron chi connectivity index (χ3n) is 3.68. The number of sulfonamides is 1. The maximum absolute atomic E-state index is 12.2. The van der Waals surface area contributed by atoms with Crippen molar-refractivity contribution in [1.82, 2.24) is 4.72 Å². The van der Waals surface area contributed by atoms with Crippen LogP contribution in [0.2, 0.25) is 0 Å². The molecule has 0 amide bonds. The van der Waals surface area contributed by atoms with Gasteiger partial charge in [0.2, 0.25) is 10.0 Å². The molecule has 20 heavy (non-hydrogen) atoms. The minimum Gasteiger partial charge on any atom is -0.395 e. The summed E-state index contributed by atoms with van der Waals surface area (Å²) in [7, 11) is -3.58. The number of nitrogens with one attached hydrogen (secondary N) is 1. The van der Waals surface area contributed by atoms with E-state index < -0.39 is 16.1 Å². The first-order valence-corrected chi connectivity index (χ1v) is 8.53. The smallest absolute Gasteiger partial charge is 0.240 e. The molecule has 0 aromatic heterocycles. The average Bonchev–Trinajstić information content (AvgIpc) is 2.43. The van der Waals surface area contributed by atoms with Gasteiger partial charge in [-0.05, 0) is 36.0 Å². The number of benzene rings is 1. The molecule has 1 aromatic rings. The van der Waals surface area contributed by atoms with Gasteiger partial charge in [0, 0.05) is 6.04 Å².